The first-order chi connectivity index (χ1) is 13.1. The monoisotopic (exact) mass is 375 g/mol. The van der Waals surface area contributed by atoms with Crippen LogP contribution in [0.2, 0.25) is 0 Å². The first-order valence-electron chi connectivity index (χ1n) is 8.47. The van der Waals surface area contributed by atoms with Crippen molar-refractivity contribution in [3.05, 3.63) is 77.6 Å². The van der Waals surface area contributed by atoms with Crippen LogP contribution >= 0.6 is 11.3 Å². The van der Waals surface area contributed by atoms with Gasteiger partial charge in [-0.15, -0.1) is 0 Å². The van der Waals surface area contributed by atoms with Crippen molar-refractivity contribution in [3.63, 3.8) is 0 Å². The van der Waals surface area contributed by atoms with Gasteiger partial charge in [-0.2, -0.15) is 0 Å². The van der Waals surface area contributed by atoms with E-state index in [0.29, 0.717) is 11.7 Å². The van der Waals surface area contributed by atoms with Crippen LogP contribution in [-0.2, 0) is 6.54 Å². The average Bonchev–Trinajstić information content (AvgIpc) is 3.11. The second-order valence-corrected chi connectivity index (χ2v) is 7.21. The number of carbonyl (C=O) groups is 1. The highest BCUT2D eigenvalue weighted by atomic mass is 32.1. The minimum atomic E-state index is -0.248. The molecule has 1 amide bonds. The summed E-state index contributed by atoms with van der Waals surface area (Å²) in [6.07, 6.45) is 6.24. The lowest BCUT2D eigenvalue weighted by Gasteiger charge is -2.18. The highest BCUT2D eigenvalue weighted by molar-refractivity contribution is 7.22. The molecule has 0 saturated heterocycles. The largest absolute Gasteiger partial charge is 0.280 e. The lowest BCUT2D eigenvalue weighted by molar-refractivity contribution is 0.0979. The Kier molecular flexibility index (Phi) is 4.60. The van der Waals surface area contributed by atoms with Gasteiger partial charge >= 0.3 is 0 Å². The highest BCUT2D eigenvalue weighted by Crippen LogP contribution is 2.33. The number of aromatic nitrogens is 4. The molecule has 4 rings (SSSR count). The molecule has 0 saturated carbocycles. The molecule has 27 heavy (non-hydrogen) atoms. The van der Waals surface area contributed by atoms with Crippen LogP contribution in [0.4, 0.5) is 5.13 Å². The number of fused-ring (bicyclic) bond motifs is 1. The molecule has 1 aromatic carbocycles. The van der Waals surface area contributed by atoms with Gasteiger partial charge in [0.15, 0.2) is 5.13 Å². The Morgan fingerprint density at radius 3 is 2.74 bits per heavy atom. The maximum atomic E-state index is 13.1. The topological polar surface area (TPSA) is 71.9 Å². The molecule has 0 unspecified atom stereocenters. The zero-order valence-corrected chi connectivity index (χ0v) is 15.8. The number of hydrogen-bond donors (Lipinski definition) is 0. The third kappa shape index (κ3) is 3.54. The second-order valence-electron chi connectivity index (χ2n) is 6.23. The smallest absolute Gasteiger partial charge is 0.276 e. The van der Waals surface area contributed by atoms with Crippen LogP contribution in [0, 0.1) is 13.8 Å². The molecule has 0 aliphatic heterocycles. The van der Waals surface area contributed by atoms with Gasteiger partial charge in [0, 0.05) is 18.6 Å². The number of rotatable bonds is 4. The van der Waals surface area contributed by atoms with Crippen LogP contribution in [0.1, 0.15) is 27.3 Å². The number of nitrogens with zero attached hydrogens (tertiary/aromatic N) is 5. The molecule has 0 bridgehead atoms. The van der Waals surface area contributed by atoms with Crippen LogP contribution in [0.15, 0.2) is 55.1 Å². The minimum absolute atomic E-state index is 0.248. The van der Waals surface area contributed by atoms with Crippen molar-refractivity contribution in [1.82, 2.24) is 19.9 Å². The molecule has 7 heteroatoms. The molecule has 0 aliphatic carbocycles. The number of amides is 1. The van der Waals surface area contributed by atoms with E-state index in [9.17, 15) is 4.79 Å². The summed E-state index contributed by atoms with van der Waals surface area (Å²) in [4.78, 5) is 32.0. The Balaban J connectivity index is 1.80. The zero-order valence-electron chi connectivity index (χ0n) is 15.0. The van der Waals surface area contributed by atoms with Crippen molar-refractivity contribution >= 4 is 32.6 Å². The summed E-state index contributed by atoms with van der Waals surface area (Å²) in [7, 11) is 0. The Hall–Kier alpha value is -3.19. The van der Waals surface area contributed by atoms with E-state index in [0.717, 1.165) is 27.0 Å². The van der Waals surface area contributed by atoms with E-state index in [-0.39, 0.29) is 11.6 Å². The van der Waals surface area contributed by atoms with Crippen molar-refractivity contribution in [2.45, 2.75) is 20.4 Å². The third-order valence-electron chi connectivity index (χ3n) is 4.11. The molecule has 134 valence electrons. The van der Waals surface area contributed by atoms with Crippen LogP contribution < -0.4 is 4.90 Å². The maximum absolute atomic E-state index is 13.1. The van der Waals surface area contributed by atoms with Gasteiger partial charge in [-0.25, -0.2) is 9.97 Å². The predicted octanol–water partition coefficient (Wildman–Crippen LogP) is 3.95. The van der Waals surface area contributed by atoms with E-state index in [1.807, 2.05) is 31.2 Å². The number of benzene rings is 1. The lowest BCUT2D eigenvalue weighted by Crippen LogP contribution is -2.31. The number of aryl methyl sites for hydroxylation is 2. The normalized spacial score (nSPS) is 10.9. The SMILES string of the molecule is Cc1cc(C)c2sc(N(Cc3ccccn3)C(=O)c3cnccn3)nc2c1. The molecule has 0 spiro atoms. The van der Waals surface area contributed by atoms with Gasteiger partial charge in [0.2, 0.25) is 0 Å². The van der Waals surface area contributed by atoms with Gasteiger partial charge in [0.1, 0.15) is 5.69 Å². The Morgan fingerprint density at radius 2 is 2.00 bits per heavy atom. The van der Waals surface area contributed by atoms with Gasteiger partial charge in [-0.1, -0.05) is 23.5 Å². The van der Waals surface area contributed by atoms with Crippen LogP contribution in [0.25, 0.3) is 10.2 Å². The predicted molar refractivity (Wildman–Crippen MR) is 106 cm³/mol. The van der Waals surface area contributed by atoms with Gasteiger partial charge in [0.05, 0.1) is 28.7 Å². The fraction of sp³-hybridized carbons (Fsp3) is 0.150. The Bertz CT molecular complexity index is 1100. The van der Waals surface area contributed by atoms with Gasteiger partial charge in [-0.3, -0.25) is 19.7 Å². The molecular formula is C20H17N5OS. The fourth-order valence-corrected chi connectivity index (χ4v) is 3.92. The number of thiazole rings is 1. The van der Waals surface area contributed by atoms with E-state index in [4.69, 9.17) is 4.98 Å². The summed E-state index contributed by atoms with van der Waals surface area (Å²) in [5.74, 6) is -0.248. The molecule has 0 fully saturated rings. The first-order valence-corrected chi connectivity index (χ1v) is 9.29. The lowest BCUT2D eigenvalue weighted by atomic mass is 10.1. The molecule has 0 atom stereocenters. The van der Waals surface area contributed by atoms with E-state index < -0.39 is 0 Å². The van der Waals surface area contributed by atoms with Crippen LogP contribution in [0.3, 0.4) is 0 Å². The van der Waals surface area contributed by atoms with Gasteiger partial charge in [-0.05, 0) is 43.2 Å². The van der Waals surface area contributed by atoms with Crippen molar-refractivity contribution in [1.29, 1.82) is 0 Å². The molecular weight excluding hydrogens is 358 g/mol. The number of carbonyl (C=O) groups excluding carboxylic acids is 1. The minimum Gasteiger partial charge on any atom is -0.276 e. The summed E-state index contributed by atoms with van der Waals surface area (Å²) in [5, 5.41) is 0.625. The first kappa shape index (κ1) is 17.2. The number of anilines is 1. The van der Waals surface area contributed by atoms with Crippen molar-refractivity contribution in [2.75, 3.05) is 4.90 Å². The summed E-state index contributed by atoms with van der Waals surface area (Å²) in [6.45, 7) is 4.42. The van der Waals surface area contributed by atoms with Crippen molar-refractivity contribution in [3.8, 4) is 0 Å². The third-order valence-corrected chi connectivity index (χ3v) is 5.34. The highest BCUT2D eigenvalue weighted by Gasteiger charge is 2.23. The Labute approximate surface area is 160 Å². The second kappa shape index (κ2) is 7.20. The molecule has 6 nitrogen and oxygen atoms in total. The number of pyridine rings is 1. The van der Waals surface area contributed by atoms with E-state index in [1.165, 1.54) is 23.7 Å². The van der Waals surface area contributed by atoms with E-state index >= 15 is 0 Å². The Morgan fingerprint density at radius 1 is 1.11 bits per heavy atom. The summed E-state index contributed by atoms with van der Waals surface area (Å²) < 4.78 is 1.08. The van der Waals surface area contributed by atoms with Crippen LogP contribution in [-0.4, -0.2) is 25.8 Å². The van der Waals surface area contributed by atoms with Gasteiger partial charge in [0.25, 0.3) is 5.91 Å². The quantitative estimate of drug-likeness (QED) is 0.540. The molecule has 3 heterocycles. The average molecular weight is 375 g/mol. The molecule has 0 radical (unpaired) electrons. The molecule has 4 aromatic rings. The summed E-state index contributed by atoms with van der Waals surface area (Å²) in [6, 6.07) is 9.80. The van der Waals surface area contributed by atoms with Crippen molar-refractivity contribution in [2.24, 2.45) is 0 Å². The fourth-order valence-electron chi connectivity index (χ4n) is 2.91. The van der Waals surface area contributed by atoms with E-state index in [1.54, 1.807) is 17.3 Å². The molecule has 3 aromatic heterocycles. The van der Waals surface area contributed by atoms with Gasteiger partial charge < -0.3 is 0 Å². The van der Waals surface area contributed by atoms with E-state index in [2.05, 4.69) is 27.9 Å². The zero-order chi connectivity index (χ0) is 18.8. The maximum Gasteiger partial charge on any atom is 0.280 e. The van der Waals surface area contributed by atoms with Crippen LogP contribution in [0.5, 0.6) is 0 Å². The standard InChI is InChI=1S/C20H17N5OS/c1-13-9-14(2)18-16(10-13)24-20(27-18)25(12-15-5-3-4-6-22-15)19(26)17-11-21-7-8-23-17/h3-11H,12H2,1-2H3. The summed E-state index contributed by atoms with van der Waals surface area (Å²) >= 11 is 1.50. The van der Waals surface area contributed by atoms with Crippen molar-refractivity contribution < 1.29 is 4.79 Å². The number of hydrogen-bond acceptors (Lipinski definition) is 6. The molecule has 0 aliphatic rings. The molecule has 0 N–H and O–H groups in total. The summed E-state index contributed by atoms with van der Waals surface area (Å²) in [5.41, 5.74) is 4.25.